The SMILES string of the molecule is Fc1ccc(-c2nc3c(ccc4ccccc43)c3c2CCC3)cc1. The molecular formula is C22H16FN. The standard InChI is InChI=1S/C22H16FN/c23-16-11-8-15(9-12-16)21-19-7-3-6-18(19)20-13-10-14-4-1-2-5-17(14)22(20)24-21/h1-2,4-5,8-13H,3,6-7H2. The summed E-state index contributed by atoms with van der Waals surface area (Å²) in [6.07, 6.45) is 3.32. The Kier molecular flexibility index (Phi) is 2.93. The Morgan fingerprint density at radius 3 is 2.42 bits per heavy atom. The first-order chi connectivity index (χ1) is 11.8. The van der Waals surface area contributed by atoms with Crippen molar-refractivity contribution < 1.29 is 4.39 Å². The molecule has 1 heterocycles. The largest absolute Gasteiger partial charge is 0.247 e. The minimum absolute atomic E-state index is 0.207. The van der Waals surface area contributed by atoms with Crippen LogP contribution in [0.4, 0.5) is 4.39 Å². The molecule has 3 aromatic carbocycles. The van der Waals surface area contributed by atoms with E-state index in [4.69, 9.17) is 4.98 Å². The topological polar surface area (TPSA) is 12.9 Å². The third-order valence-electron chi connectivity index (χ3n) is 5.07. The van der Waals surface area contributed by atoms with Crippen LogP contribution in [0.5, 0.6) is 0 Å². The summed E-state index contributed by atoms with van der Waals surface area (Å²) in [6, 6.07) is 19.5. The van der Waals surface area contributed by atoms with E-state index in [1.807, 2.05) is 12.1 Å². The highest BCUT2D eigenvalue weighted by molar-refractivity contribution is 6.07. The Morgan fingerprint density at radius 2 is 1.54 bits per heavy atom. The molecule has 0 saturated carbocycles. The van der Waals surface area contributed by atoms with Crippen LogP contribution < -0.4 is 0 Å². The Balaban J connectivity index is 1.90. The molecule has 0 fully saturated rings. The van der Waals surface area contributed by atoms with E-state index in [9.17, 15) is 4.39 Å². The van der Waals surface area contributed by atoms with Crippen LogP contribution in [-0.2, 0) is 12.8 Å². The number of hydrogen-bond acceptors (Lipinski definition) is 1. The fourth-order valence-corrected chi connectivity index (χ4v) is 3.95. The number of aryl methyl sites for hydroxylation is 1. The van der Waals surface area contributed by atoms with Crippen LogP contribution in [0.15, 0.2) is 60.7 Å². The molecule has 1 aliphatic carbocycles. The second kappa shape index (κ2) is 5.13. The van der Waals surface area contributed by atoms with Gasteiger partial charge >= 0.3 is 0 Å². The van der Waals surface area contributed by atoms with Gasteiger partial charge in [0.1, 0.15) is 5.82 Å². The third-order valence-corrected chi connectivity index (χ3v) is 5.07. The van der Waals surface area contributed by atoms with Gasteiger partial charge in [0.2, 0.25) is 0 Å². The minimum atomic E-state index is -0.207. The van der Waals surface area contributed by atoms with Crippen molar-refractivity contribution >= 4 is 21.7 Å². The summed E-state index contributed by atoms with van der Waals surface area (Å²) in [7, 11) is 0. The summed E-state index contributed by atoms with van der Waals surface area (Å²) in [5, 5.41) is 3.67. The number of pyridine rings is 1. The van der Waals surface area contributed by atoms with Crippen molar-refractivity contribution in [2.75, 3.05) is 0 Å². The van der Waals surface area contributed by atoms with E-state index in [0.29, 0.717) is 0 Å². The van der Waals surface area contributed by atoms with E-state index >= 15 is 0 Å². The summed E-state index contributed by atoms with van der Waals surface area (Å²) in [6.45, 7) is 0. The van der Waals surface area contributed by atoms with Crippen LogP contribution in [-0.4, -0.2) is 4.98 Å². The first kappa shape index (κ1) is 13.7. The molecule has 0 unspecified atom stereocenters. The molecule has 1 aromatic heterocycles. The number of rotatable bonds is 1. The zero-order valence-electron chi connectivity index (χ0n) is 13.2. The molecule has 1 aliphatic rings. The van der Waals surface area contributed by atoms with Gasteiger partial charge in [-0.05, 0) is 60.0 Å². The van der Waals surface area contributed by atoms with Crippen LogP contribution in [0.1, 0.15) is 17.5 Å². The molecule has 24 heavy (non-hydrogen) atoms. The number of nitrogens with zero attached hydrogens (tertiary/aromatic N) is 1. The van der Waals surface area contributed by atoms with Crippen LogP contribution in [0.2, 0.25) is 0 Å². The van der Waals surface area contributed by atoms with Crippen molar-refractivity contribution in [3.8, 4) is 11.3 Å². The molecule has 4 aromatic rings. The number of aromatic nitrogens is 1. The predicted octanol–water partition coefficient (Wildman–Crippen LogP) is 5.68. The van der Waals surface area contributed by atoms with Gasteiger partial charge < -0.3 is 0 Å². The number of halogens is 1. The molecule has 0 saturated heterocycles. The lowest BCUT2D eigenvalue weighted by Crippen LogP contribution is -1.96. The van der Waals surface area contributed by atoms with Crippen molar-refractivity contribution in [3.63, 3.8) is 0 Å². The summed E-state index contributed by atoms with van der Waals surface area (Å²) in [4.78, 5) is 5.05. The molecule has 0 atom stereocenters. The molecule has 5 rings (SSSR count). The summed E-state index contributed by atoms with van der Waals surface area (Å²) in [5.74, 6) is -0.207. The molecule has 1 nitrogen and oxygen atoms in total. The lowest BCUT2D eigenvalue weighted by atomic mass is 9.96. The third kappa shape index (κ3) is 1.96. The summed E-state index contributed by atoms with van der Waals surface area (Å²) >= 11 is 0. The van der Waals surface area contributed by atoms with Crippen LogP contribution in [0, 0.1) is 5.82 Å². The zero-order chi connectivity index (χ0) is 16.1. The van der Waals surface area contributed by atoms with Crippen molar-refractivity contribution in [2.24, 2.45) is 0 Å². The van der Waals surface area contributed by atoms with E-state index in [1.165, 1.54) is 39.4 Å². The van der Waals surface area contributed by atoms with Gasteiger partial charge in [-0.2, -0.15) is 0 Å². The molecule has 0 bridgehead atoms. The van der Waals surface area contributed by atoms with Crippen LogP contribution >= 0.6 is 0 Å². The first-order valence-electron chi connectivity index (χ1n) is 8.40. The number of hydrogen-bond donors (Lipinski definition) is 0. The highest BCUT2D eigenvalue weighted by atomic mass is 19.1. The molecule has 2 heteroatoms. The Morgan fingerprint density at radius 1 is 0.750 bits per heavy atom. The molecule has 0 spiro atoms. The normalized spacial score (nSPS) is 13.5. The molecule has 0 N–H and O–H groups in total. The van der Waals surface area contributed by atoms with E-state index in [-0.39, 0.29) is 5.82 Å². The van der Waals surface area contributed by atoms with E-state index in [1.54, 1.807) is 0 Å². The van der Waals surface area contributed by atoms with Crippen LogP contribution in [0.25, 0.3) is 32.9 Å². The van der Waals surface area contributed by atoms with E-state index < -0.39 is 0 Å². The summed E-state index contributed by atoms with van der Waals surface area (Å²) in [5.41, 5.74) is 5.85. The predicted molar refractivity (Wildman–Crippen MR) is 96.7 cm³/mol. The highest BCUT2D eigenvalue weighted by Gasteiger charge is 2.21. The van der Waals surface area contributed by atoms with E-state index in [0.717, 1.165) is 36.0 Å². The fraction of sp³-hybridized carbons (Fsp3) is 0.136. The van der Waals surface area contributed by atoms with Gasteiger partial charge in [0.05, 0.1) is 11.2 Å². The second-order valence-electron chi connectivity index (χ2n) is 6.46. The average molecular weight is 313 g/mol. The van der Waals surface area contributed by atoms with Gasteiger partial charge in [-0.25, -0.2) is 9.37 Å². The quantitative estimate of drug-likeness (QED) is 0.412. The maximum atomic E-state index is 13.3. The van der Waals surface area contributed by atoms with Crippen molar-refractivity contribution in [3.05, 3.63) is 77.6 Å². The van der Waals surface area contributed by atoms with Crippen LogP contribution in [0.3, 0.4) is 0 Å². The van der Waals surface area contributed by atoms with E-state index in [2.05, 4.69) is 36.4 Å². The van der Waals surface area contributed by atoms with Gasteiger partial charge in [-0.1, -0.05) is 36.4 Å². The molecule has 0 amide bonds. The van der Waals surface area contributed by atoms with Crippen molar-refractivity contribution in [1.29, 1.82) is 0 Å². The maximum absolute atomic E-state index is 13.3. The van der Waals surface area contributed by atoms with Gasteiger partial charge in [0.15, 0.2) is 0 Å². The zero-order valence-corrected chi connectivity index (χ0v) is 13.2. The fourth-order valence-electron chi connectivity index (χ4n) is 3.95. The smallest absolute Gasteiger partial charge is 0.123 e. The highest BCUT2D eigenvalue weighted by Crippen LogP contribution is 2.38. The average Bonchev–Trinajstić information content (AvgIpc) is 3.11. The molecule has 116 valence electrons. The lowest BCUT2D eigenvalue weighted by molar-refractivity contribution is 0.628. The Labute approximate surface area is 139 Å². The van der Waals surface area contributed by atoms with Gasteiger partial charge in [0, 0.05) is 16.3 Å². The van der Waals surface area contributed by atoms with Crippen molar-refractivity contribution in [1.82, 2.24) is 4.98 Å². The molecule has 0 radical (unpaired) electrons. The minimum Gasteiger partial charge on any atom is -0.247 e. The first-order valence-corrected chi connectivity index (χ1v) is 8.40. The molecular weight excluding hydrogens is 297 g/mol. The number of benzene rings is 3. The maximum Gasteiger partial charge on any atom is 0.123 e. The number of fused-ring (bicyclic) bond motifs is 5. The Bertz CT molecular complexity index is 1080. The van der Waals surface area contributed by atoms with Gasteiger partial charge in [-0.15, -0.1) is 0 Å². The monoisotopic (exact) mass is 313 g/mol. The van der Waals surface area contributed by atoms with Gasteiger partial charge in [-0.3, -0.25) is 0 Å². The molecule has 0 aliphatic heterocycles. The Hall–Kier alpha value is -2.74. The summed E-state index contributed by atoms with van der Waals surface area (Å²) < 4.78 is 13.3. The second-order valence-corrected chi connectivity index (χ2v) is 6.46. The lowest BCUT2D eigenvalue weighted by Gasteiger charge is -2.13. The van der Waals surface area contributed by atoms with Crippen molar-refractivity contribution in [2.45, 2.75) is 19.3 Å². The van der Waals surface area contributed by atoms with Gasteiger partial charge in [0.25, 0.3) is 0 Å².